The number of ketones is 1. The monoisotopic (exact) mass is 374 g/mol. The number of rotatable bonds is 7. The first-order chi connectivity index (χ1) is 13.4. The van der Waals surface area contributed by atoms with Crippen molar-refractivity contribution < 1.29 is 9.72 Å². The van der Waals surface area contributed by atoms with Crippen molar-refractivity contribution in [2.24, 2.45) is 0 Å². The van der Waals surface area contributed by atoms with Crippen molar-refractivity contribution in [2.75, 3.05) is 5.32 Å². The van der Waals surface area contributed by atoms with Gasteiger partial charge in [0, 0.05) is 29.8 Å². The molecule has 0 saturated carbocycles. The molecule has 0 fully saturated rings. The average Bonchev–Trinajstić information content (AvgIpc) is 2.71. The molecular formula is C23H22N2O3. The smallest absolute Gasteiger partial charge is 0.269 e. The highest BCUT2D eigenvalue weighted by Crippen LogP contribution is 2.28. The molecule has 142 valence electrons. The predicted molar refractivity (Wildman–Crippen MR) is 111 cm³/mol. The topological polar surface area (TPSA) is 72.2 Å². The van der Waals surface area contributed by atoms with Crippen molar-refractivity contribution in [3.63, 3.8) is 0 Å². The summed E-state index contributed by atoms with van der Waals surface area (Å²) in [5.74, 6) is -0.0200. The molecule has 5 heteroatoms. The molecule has 3 rings (SSSR count). The molecule has 0 aliphatic rings. The lowest BCUT2D eigenvalue weighted by atomic mass is 9.97. The van der Waals surface area contributed by atoms with Crippen LogP contribution in [0.1, 0.15) is 39.5 Å². The van der Waals surface area contributed by atoms with Gasteiger partial charge < -0.3 is 5.32 Å². The maximum Gasteiger partial charge on any atom is 0.269 e. The molecule has 3 aromatic rings. The fourth-order valence-corrected chi connectivity index (χ4v) is 3.07. The number of carbonyl (C=O) groups is 1. The second-order valence-electron chi connectivity index (χ2n) is 6.84. The second kappa shape index (κ2) is 8.48. The molecule has 28 heavy (non-hydrogen) atoms. The maximum absolute atomic E-state index is 12.8. The Labute approximate surface area is 164 Å². The minimum Gasteiger partial charge on any atom is -0.378 e. The fraction of sp³-hybridized carbons (Fsp3) is 0.174. The molecule has 1 N–H and O–H groups in total. The highest BCUT2D eigenvalue weighted by molar-refractivity contribution is 5.96. The predicted octanol–water partition coefficient (Wildman–Crippen LogP) is 5.64. The Bertz CT molecular complexity index is 1000. The van der Waals surface area contributed by atoms with Crippen LogP contribution < -0.4 is 5.32 Å². The molecule has 0 bridgehead atoms. The van der Waals surface area contributed by atoms with Crippen LogP contribution >= 0.6 is 0 Å². The van der Waals surface area contributed by atoms with Gasteiger partial charge in [-0.2, -0.15) is 0 Å². The molecule has 0 radical (unpaired) electrons. The summed E-state index contributed by atoms with van der Waals surface area (Å²) < 4.78 is 0. The van der Waals surface area contributed by atoms with Crippen LogP contribution in [0.2, 0.25) is 0 Å². The van der Waals surface area contributed by atoms with Crippen LogP contribution in [-0.4, -0.2) is 10.7 Å². The Balaban J connectivity index is 1.93. The first kappa shape index (κ1) is 19.3. The molecule has 1 unspecified atom stereocenters. The lowest BCUT2D eigenvalue weighted by Gasteiger charge is -2.20. The second-order valence-corrected chi connectivity index (χ2v) is 6.84. The Morgan fingerprint density at radius 1 is 0.964 bits per heavy atom. The van der Waals surface area contributed by atoms with Crippen molar-refractivity contribution in [2.45, 2.75) is 26.3 Å². The van der Waals surface area contributed by atoms with E-state index in [1.807, 2.05) is 56.3 Å². The van der Waals surface area contributed by atoms with Gasteiger partial charge in [0.15, 0.2) is 5.78 Å². The average molecular weight is 374 g/mol. The SMILES string of the molecule is Cc1ccc(NC(CC(=O)c2ccccc2)c2cccc([N+](=O)[O-])c2)cc1C. The zero-order chi connectivity index (χ0) is 20.1. The standard InChI is InChI=1S/C23H22N2O3/c1-16-11-12-20(13-17(16)2)24-22(15-23(26)18-7-4-3-5-8-18)19-9-6-10-21(14-19)25(27)28/h3-14,22,24H,15H2,1-2H3. The third-order valence-electron chi connectivity index (χ3n) is 4.82. The van der Waals surface area contributed by atoms with Crippen LogP contribution in [0.25, 0.3) is 0 Å². The van der Waals surface area contributed by atoms with E-state index in [1.165, 1.54) is 17.7 Å². The number of anilines is 1. The van der Waals surface area contributed by atoms with E-state index in [1.54, 1.807) is 18.2 Å². The number of nitrogens with zero attached hydrogens (tertiary/aromatic N) is 1. The van der Waals surface area contributed by atoms with Gasteiger partial charge in [0.25, 0.3) is 5.69 Å². The number of Topliss-reactive ketones (excluding diaryl/α,β-unsaturated/α-hetero) is 1. The van der Waals surface area contributed by atoms with Gasteiger partial charge in [-0.05, 0) is 42.7 Å². The zero-order valence-electron chi connectivity index (χ0n) is 15.9. The van der Waals surface area contributed by atoms with Crippen molar-refractivity contribution in [3.05, 3.63) is 105 Å². The van der Waals surface area contributed by atoms with Gasteiger partial charge in [-0.25, -0.2) is 0 Å². The first-order valence-electron chi connectivity index (χ1n) is 9.10. The van der Waals surface area contributed by atoms with Gasteiger partial charge in [0.05, 0.1) is 11.0 Å². The summed E-state index contributed by atoms with van der Waals surface area (Å²) in [5.41, 5.74) is 4.53. The molecule has 1 atom stereocenters. The third kappa shape index (κ3) is 4.62. The normalized spacial score (nSPS) is 11.6. The maximum atomic E-state index is 12.8. The minimum absolute atomic E-state index is 0.0107. The Morgan fingerprint density at radius 3 is 2.39 bits per heavy atom. The van der Waals surface area contributed by atoms with E-state index in [-0.39, 0.29) is 23.9 Å². The van der Waals surface area contributed by atoms with E-state index < -0.39 is 4.92 Å². The molecule has 0 heterocycles. The number of benzene rings is 3. The Hall–Kier alpha value is -3.47. The molecule has 3 aromatic carbocycles. The van der Waals surface area contributed by atoms with Gasteiger partial charge in [-0.3, -0.25) is 14.9 Å². The van der Waals surface area contributed by atoms with E-state index >= 15 is 0 Å². The molecule has 0 aliphatic heterocycles. The first-order valence-corrected chi connectivity index (χ1v) is 9.10. The number of non-ortho nitro benzene ring substituents is 1. The molecular weight excluding hydrogens is 352 g/mol. The van der Waals surface area contributed by atoms with Crippen molar-refractivity contribution in [1.29, 1.82) is 0 Å². The van der Waals surface area contributed by atoms with Gasteiger partial charge in [-0.15, -0.1) is 0 Å². The third-order valence-corrected chi connectivity index (χ3v) is 4.82. The highest BCUT2D eigenvalue weighted by Gasteiger charge is 2.19. The largest absolute Gasteiger partial charge is 0.378 e. The van der Waals surface area contributed by atoms with Crippen LogP contribution in [0.15, 0.2) is 72.8 Å². The lowest BCUT2D eigenvalue weighted by molar-refractivity contribution is -0.384. The number of hydrogen-bond donors (Lipinski definition) is 1. The molecule has 0 saturated heterocycles. The number of nitro benzene ring substituents is 1. The number of aryl methyl sites for hydroxylation is 2. The van der Waals surface area contributed by atoms with Gasteiger partial charge in [-0.1, -0.05) is 48.5 Å². The summed E-state index contributed by atoms with van der Waals surface area (Å²) in [5, 5.41) is 14.6. The van der Waals surface area contributed by atoms with Gasteiger partial charge in [0.1, 0.15) is 0 Å². The quantitative estimate of drug-likeness (QED) is 0.330. The summed E-state index contributed by atoms with van der Waals surface area (Å²) in [4.78, 5) is 23.5. The number of nitro groups is 1. The van der Waals surface area contributed by atoms with Crippen LogP contribution in [-0.2, 0) is 0 Å². The van der Waals surface area contributed by atoms with Crippen LogP contribution in [0.3, 0.4) is 0 Å². The zero-order valence-corrected chi connectivity index (χ0v) is 15.9. The number of nitrogens with one attached hydrogen (secondary N) is 1. The summed E-state index contributed by atoms with van der Waals surface area (Å²) in [6.07, 6.45) is 0.193. The summed E-state index contributed by atoms with van der Waals surface area (Å²) in [6, 6.07) is 21.1. The lowest BCUT2D eigenvalue weighted by Crippen LogP contribution is -2.16. The van der Waals surface area contributed by atoms with Crippen LogP contribution in [0.4, 0.5) is 11.4 Å². The fourth-order valence-electron chi connectivity index (χ4n) is 3.07. The molecule has 0 aliphatic carbocycles. The number of hydrogen-bond acceptors (Lipinski definition) is 4. The Morgan fingerprint density at radius 2 is 1.71 bits per heavy atom. The van der Waals surface area contributed by atoms with E-state index in [9.17, 15) is 14.9 Å². The van der Waals surface area contributed by atoms with Crippen LogP contribution in [0, 0.1) is 24.0 Å². The van der Waals surface area contributed by atoms with E-state index in [2.05, 4.69) is 5.32 Å². The van der Waals surface area contributed by atoms with E-state index in [0.29, 0.717) is 11.1 Å². The summed E-state index contributed by atoms with van der Waals surface area (Å²) in [6.45, 7) is 4.06. The highest BCUT2D eigenvalue weighted by atomic mass is 16.6. The van der Waals surface area contributed by atoms with E-state index in [4.69, 9.17) is 0 Å². The summed E-state index contributed by atoms with van der Waals surface area (Å²) in [7, 11) is 0. The molecule has 0 amide bonds. The summed E-state index contributed by atoms with van der Waals surface area (Å²) >= 11 is 0. The number of carbonyl (C=O) groups excluding carboxylic acids is 1. The molecule has 0 aromatic heterocycles. The van der Waals surface area contributed by atoms with Crippen molar-refractivity contribution in [3.8, 4) is 0 Å². The van der Waals surface area contributed by atoms with Crippen molar-refractivity contribution >= 4 is 17.2 Å². The molecule has 0 spiro atoms. The van der Waals surface area contributed by atoms with Crippen LogP contribution in [0.5, 0.6) is 0 Å². The van der Waals surface area contributed by atoms with E-state index in [0.717, 1.165) is 11.3 Å². The molecule has 5 nitrogen and oxygen atoms in total. The minimum atomic E-state index is -0.421. The van der Waals surface area contributed by atoms with Crippen molar-refractivity contribution in [1.82, 2.24) is 0 Å². The van der Waals surface area contributed by atoms with Gasteiger partial charge in [0.2, 0.25) is 0 Å². The van der Waals surface area contributed by atoms with Gasteiger partial charge >= 0.3 is 0 Å². The Kier molecular flexibility index (Phi) is 5.84.